The van der Waals surface area contributed by atoms with E-state index in [-0.39, 0.29) is 23.6 Å². The van der Waals surface area contributed by atoms with E-state index in [1.807, 2.05) is 0 Å². The van der Waals surface area contributed by atoms with E-state index in [9.17, 15) is 9.18 Å². The summed E-state index contributed by atoms with van der Waals surface area (Å²) in [5.41, 5.74) is 0.489. The first kappa shape index (κ1) is 12.8. The fourth-order valence-corrected chi connectivity index (χ4v) is 2.17. The van der Waals surface area contributed by atoms with Crippen molar-refractivity contribution >= 4 is 5.91 Å². The molecule has 2 rings (SSSR count). The van der Waals surface area contributed by atoms with Crippen LogP contribution in [0.1, 0.15) is 17.9 Å². The maximum absolute atomic E-state index is 13.8. The fraction of sp³-hybridized carbons (Fsp3) is 0.462. The van der Waals surface area contributed by atoms with Crippen molar-refractivity contribution in [1.82, 2.24) is 5.06 Å². The Kier molecular flexibility index (Phi) is 3.52. The van der Waals surface area contributed by atoms with E-state index in [2.05, 4.69) is 0 Å². The number of hydroxylamine groups is 2. The van der Waals surface area contributed by atoms with Crippen LogP contribution in [0.4, 0.5) is 4.39 Å². The maximum atomic E-state index is 13.8. The third-order valence-corrected chi connectivity index (χ3v) is 3.30. The van der Waals surface area contributed by atoms with Crippen LogP contribution in [-0.2, 0) is 9.63 Å². The minimum atomic E-state index is -0.324. The highest BCUT2D eigenvalue weighted by Crippen LogP contribution is 2.51. The van der Waals surface area contributed by atoms with Crippen LogP contribution in [-0.4, -0.2) is 32.2 Å². The molecule has 0 heterocycles. The van der Waals surface area contributed by atoms with Gasteiger partial charge in [-0.15, -0.1) is 0 Å². The number of carbonyl (C=O) groups is 1. The molecule has 1 fully saturated rings. The summed E-state index contributed by atoms with van der Waals surface area (Å²) >= 11 is 0. The molecule has 1 amide bonds. The molecular weight excluding hydrogens is 237 g/mol. The molecule has 0 aliphatic heterocycles. The van der Waals surface area contributed by atoms with Crippen molar-refractivity contribution in [2.75, 3.05) is 21.3 Å². The molecule has 0 aromatic heterocycles. The molecule has 5 heteroatoms. The molecule has 0 N–H and O–H groups in total. The van der Waals surface area contributed by atoms with Gasteiger partial charge in [0.1, 0.15) is 11.6 Å². The van der Waals surface area contributed by atoms with Crippen LogP contribution in [0.25, 0.3) is 0 Å². The van der Waals surface area contributed by atoms with Gasteiger partial charge in [-0.1, -0.05) is 6.07 Å². The number of rotatable bonds is 4. The summed E-state index contributed by atoms with van der Waals surface area (Å²) < 4.78 is 19.0. The molecule has 0 radical (unpaired) electrons. The SMILES string of the molecule is COc1cccc(F)c1C1CC1C(=O)N(C)OC. The number of ether oxygens (including phenoxy) is 1. The van der Waals surface area contributed by atoms with E-state index < -0.39 is 0 Å². The summed E-state index contributed by atoms with van der Waals surface area (Å²) in [7, 11) is 4.48. The third-order valence-electron chi connectivity index (χ3n) is 3.30. The minimum Gasteiger partial charge on any atom is -0.496 e. The second kappa shape index (κ2) is 4.94. The van der Waals surface area contributed by atoms with E-state index in [1.165, 1.54) is 25.3 Å². The quantitative estimate of drug-likeness (QED) is 0.770. The second-order valence-electron chi connectivity index (χ2n) is 4.32. The predicted molar refractivity (Wildman–Crippen MR) is 63.6 cm³/mol. The normalized spacial score (nSPS) is 21.6. The van der Waals surface area contributed by atoms with E-state index in [0.29, 0.717) is 17.7 Å². The predicted octanol–water partition coefficient (Wildman–Crippen LogP) is 1.96. The number of halogens is 1. The van der Waals surface area contributed by atoms with Crippen LogP contribution < -0.4 is 4.74 Å². The van der Waals surface area contributed by atoms with E-state index in [4.69, 9.17) is 9.57 Å². The summed E-state index contributed by atoms with van der Waals surface area (Å²) in [5, 5.41) is 1.18. The largest absolute Gasteiger partial charge is 0.496 e. The highest BCUT2D eigenvalue weighted by atomic mass is 19.1. The first-order valence-corrected chi connectivity index (χ1v) is 5.74. The fourth-order valence-electron chi connectivity index (χ4n) is 2.17. The molecule has 2 unspecified atom stereocenters. The molecule has 0 spiro atoms. The summed E-state index contributed by atoms with van der Waals surface area (Å²) in [4.78, 5) is 16.7. The van der Waals surface area contributed by atoms with Crippen molar-refractivity contribution in [3.8, 4) is 5.75 Å². The van der Waals surface area contributed by atoms with Crippen molar-refractivity contribution in [3.05, 3.63) is 29.6 Å². The smallest absolute Gasteiger partial charge is 0.249 e. The zero-order valence-corrected chi connectivity index (χ0v) is 10.6. The molecule has 18 heavy (non-hydrogen) atoms. The summed E-state index contributed by atoms with van der Waals surface area (Å²) in [5.74, 6) is -0.301. The minimum absolute atomic E-state index is 0.119. The second-order valence-corrected chi connectivity index (χ2v) is 4.32. The van der Waals surface area contributed by atoms with Crippen molar-refractivity contribution < 1.29 is 18.8 Å². The Labute approximate surface area is 105 Å². The topological polar surface area (TPSA) is 38.8 Å². The standard InChI is InChI=1S/C13H16FNO3/c1-15(18-3)13(16)9-7-8(9)12-10(14)5-4-6-11(12)17-2/h4-6,8-9H,7H2,1-3H3. The Hall–Kier alpha value is -1.62. The Bertz CT molecular complexity index is 464. The van der Waals surface area contributed by atoms with Crippen LogP contribution in [0.2, 0.25) is 0 Å². The average molecular weight is 253 g/mol. The molecule has 1 aromatic rings. The number of hydrogen-bond acceptors (Lipinski definition) is 3. The number of nitrogens with zero attached hydrogens (tertiary/aromatic N) is 1. The van der Waals surface area contributed by atoms with Gasteiger partial charge < -0.3 is 4.74 Å². The number of hydrogen-bond donors (Lipinski definition) is 0. The van der Waals surface area contributed by atoms with Crippen molar-refractivity contribution in [2.45, 2.75) is 12.3 Å². The summed E-state index contributed by atoms with van der Waals surface area (Å²) in [6, 6.07) is 4.69. The lowest BCUT2D eigenvalue weighted by Crippen LogP contribution is -2.27. The van der Waals surface area contributed by atoms with Crippen LogP contribution in [0, 0.1) is 11.7 Å². The maximum Gasteiger partial charge on any atom is 0.249 e. The van der Waals surface area contributed by atoms with Crippen molar-refractivity contribution in [2.24, 2.45) is 5.92 Å². The van der Waals surface area contributed by atoms with Crippen LogP contribution in [0.5, 0.6) is 5.75 Å². The van der Waals surface area contributed by atoms with Gasteiger partial charge in [-0.05, 0) is 18.6 Å². The van der Waals surface area contributed by atoms with Gasteiger partial charge in [-0.2, -0.15) is 0 Å². The van der Waals surface area contributed by atoms with Gasteiger partial charge in [0.2, 0.25) is 5.91 Å². The third kappa shape index (κ3) is 2.18. The first-order valence-electron chi connectivity index (χ1n) is 5.74. The Morgan fingerprint density at radius 2 is 2.17 bits per heavy atom. The van der Waals surface area contributed by atoms with Gasteiger partial charge >= 0.3 is 0 Å². The zero-order chi connectivity index (χ0) is 13.3. The molecule has 1 aliphatic rings. The monoisotopic (exact) mass is 253 g/mol. The number of amides is 1. The van der Waals surface area contributed by atoms with E-state index in [1.54, 1.807) is 19.2 Å². The first-order chi connectivity index (χ1) is 8.60. The van der Waals surface area contributed by atoms with E-state index in [0.717, 1.165) is 0 Å². The zero-order valence-electron chi connectivity index (χ0n) is 10.6. The van der Waals surface area contributed by atoms with Gasteiger partial charge in [-0.3, -0.25) is 9.63 Å². The highest BCUT2D eigenvalue weighted by Gasteiger charge is 2.48. The van der Waals surface area contributed by atoms with E-state index >= 15 is 0 Å². The van der Waals surface area contributed by atoms with Gasteiger partial charge in [0.25, 0.3) is 0 Å². The molecule has 1 saturated carbocycles. The lowest BCUT2D eigenvalue weighted by Gasteiger charge is -2.14. The van der Waals surface area contributed by atoms with Crippen LogP contribution >= 0.6 is 0 Å². The summed E-state index contributed by atoms with van der Waals surface area (Å²) in [6.07, 6.45) is 0.629. The average Bonchev–Trinajstić information content (AvgIpc) is 3.16. The lowest BCUT2D eigenvalue weighted by molar-refractivity contribution is -0.170. The highest BCUT2D eigenvalue weighted by molar-refractivity contribution is 5.82. The Balaban J connectivity index is 2.19. The molecule has 1 aliphatic carbocycles. The van der Waals surface area contributed by atoms with Crippen molar-refractivity contribution in [3.63, 3.8) is 0 Å². The number of benzene rings is 1. The molecule has 0 saturated heterocycles. The lowest BCUT2D eigenvalue weighted by atomic mass is 10.1. The number of methoxy groups -OCH3 is 1. The van der Waals surface area contributed by atoms with Gasteiger partial charge in [0.05, 0.1) is 14.2 Å². The molecule has 1 aromatic carbocycles. The van der Waals surface area contributed by atoms with Crippen molar-refractivity contribution in [1.29, 1.82) is 0 Å². The van der Waals surface area contributed by atoms with Crippen LogP contribution in [0.3, 0.4) is 0 Å². The van der Waals surface area contributed by atoms with Gasteiger partial charge in [0.15, 0.2) is 0 Å². The molecule has 2 atom stereocenters. The van der Waals surface area contributed by atoms with Crippen LogP contribution in [0.15, 0.2) is 18.2 Å². The van der Waals surface area contributed by atoms with Gasteiger partial charge in [0, 0.05) is 24.4 Å². The molecule has 0 bridgehead atoms. The molecule has 4 nitrogen and oxygen atoms in total. The Morgan fingerprint density at radius 3 is 2.78 bits per heavy atom. The molecule has 98 valence electrons. The summed E-state index contributed by atoms with van der Waals surface area (Å²) in [6.45, 7) is 0. The number of carbonyl (C=O) groups excluding carboxylic acids is 1. The Morgan fingerprint density at radius 1 is 1.44 bits per heavy atom. The molecular formula is C13H16FNO3. The van der Waals surface area contributed by atoms with Gasteiger partial charge in [-0.25, -0.2) is 9.45 Å².